The molecule has 3 aliphatic carbocycles. The lowest BCUT2D eigenvalue weighted by atomic mass is 9.44. The van der Waals surface area contributed by atoms with E-state index < -0.39 is 23.0 Å². The van der Waals surface area contributed by atoms with Crippen LogP contribution in [0.3, 0.4) is 0 Å². The van der Waals surface area contributed by atoms with Crippen molar-refractivity contribution in [2.24, 2.45) is 34.0 Å². The van der Waals surface area contributed by atoms with Gasteiger partial charge in [-0.1, -0.05) is 64.1 Å². The molecule has 8 nitrogen and oxygen atoms in total. The van der Waals surface area contributed by atoms with Crippen LogP contribution in [0.15, 0.2) is 66.1 Å². The molecular formula is C41H55N3O5S. The predicted octanol–water partition coefficient (Wildman–Crippen LogP) is 6.75. The Bertz CT molecular complexity index is 1610. The van der Waals surface area contributed by atoms with Crippen molar-refractivity contribution in [3.8, 4) is 0 Å². The van der Waals surface area contributed by atoms with Crippen molar-refractivity contribution >= 4 is 40.8 Å². The van der Waals surface area contributed by atoms with E-state index in [1.165, 1.54) is 23.0 Å². The minimum Gasteiger partial charge on any atom is -0.461 e. The van der Waals surface area contributed by atoms with E-state index in [4.69, 9.17) is 4.74 Å². The van der Waals surface area contributed by atoms with Crippen LogP contribution in [0.4, 0.5) is 11.4 Å². The van der Waals surface area contributed by atoms with E-state index in [9.17, 15) is 19.5 Å². The molecule has 4 aliphatic rings. The van der Waals surface area contributed by atoms with Crippen molar-refractivity contribution in [3.63, 3.8) is 0 Å². The van der Waals surface area contributed by atoms with Crippen LogP contribution in [0.5, 0.6) is 0 Å². The second-order valence-electron chi connectivity index (χ2n) is 15.9. The fourth-order valence-corrected chi connectivity index (χ4v) is 10.8. The molecule has 6 rings (SSSR count). The van der Waals surface area contributed by atoms with Gasteiger partial charge in [0.1, 0.15) is 11.9 Å². The molecule has 1 aliphatic heterocycles. The van der Waals surface area contributed by atoms with Crippen LogP contribution in [0, 0.1) is 40.9 Å². The summed E-state index contributed by atoms with van der Waals surface area (Å²) in [4.78, 5) is 46.0. The number of benzene rings is 2. The van der Waals surface area contributed by atoms with E-state index in [2.05, 4.69) is 73.7 Å². The lowest BCUT2D eigenvalue weighted by molar-refractivity contribution is -0.205. The quantitative estimate of drug-likeness (QED) is 0.168. The molecule has 1 saturated heterocycles. The molecule has 0 spiro atoms. The highest BCUT2D eigenvalue weighted by Gasteiger charge is 2.68. The first-order valence-electron chi connectivity index (χ1n) is 18.4. The zero-order chi connectivity index (χ0) is 35.8. The average Bonchev–Trinajstić information content (AvgIpc) is 3.46. The standard InChI is InChI=1S/C41H55N3O5S/c1-7-39(5)24-34(40(6)28(3)16-18-41(29(4)38(39)48)19-17-32(45)37(40)41)49-36(47)26-50-33-15-11-9-13-30(33)42-35(46)25-43-20-22-44(23-21-43)31-14-10-8-12-27(31)2/h7-15,28-29,34,37-38,48H,1,16-26H2,2-6H3,(H,42,46)/t28-,29+,34-,37+,38+,39-,40+,41+/m1/s1. The monoisotopic (exact) mass is 701 g/mol. The van der Waals surface area contributed by atoms with Gasteiger partial charge >= 0.3 is 5.97 Å². The van der Waals surface area contributed by atoms with Gasteiger partial charge in [-0.25, -0.2) is 0 Å². The first-order valence-corrected chi connectivity index (χ1v) is 19.4. The van der Waals surface area contributed by atoms with Gasteiger partial charge in [-0.3, -0.25) is 19.3 Å². The molecule has 3 saturated carbocycles. The number of carbonyl (C=O) groups is 3. The van der Waals surface area contributed by atoms with Gasteiger partial charge in [-0.15, -0.1) is 18.3 Å². The maximum Gasteiger partial charge on any atom is 0.316 e. The summed E-state index contributed by atoms with van der Waals surface area (Å²) in [7, 11) is 0. The van der Waals surface area contributed by atoms with Gasteiger partial charge in [0.2, 0.25) is 5.91 Å². The summed E-state index contributed by atoms with van der Waals surface area (Å²) in [6.45, 7) is 18.4. The summed E-state index contributed by atoms with van der Waals surface area (Å²) in [5, 5.41) is 14.9. The van der Waals surface area contributed by atoms with E-state index in [-0.39, 0.29) is 46.6 Å². The number of Topliss-reactive ketones (excluding diaryl/α,β-unsaturated/α-hetero) is 1. The minimum absolute atomic E-state index is 0.0578. The molecule has 2 bridgehead atoms. The highest BCUT2D eigenvalue weighted by atomic mass is 32.2. The number of nitrogens with zero attached hydrogens (tertiary/aromatic N) is 2. The zero-order valence-electron chi connectivity index (χ0n) is 30.5. The van der Waals surface area contributed by atoms with Crippen LogP contribution in [0.25, 0.3) is 0 Å². The van der Waals surface area contributed by atoms with Crippen molar-refractivity contribution in [2.45, 2.75) is 83.8 Å². The first kappa shape index (κ1) is 36.6. The Labute approximate surface area is 302 Å². The Morgan fingerprint density at radius 2 is 1.76 bits per heavy atom. The highest BCUT2D eigenvalue weighted by Crippen LogP contribution is 2.68. The van der Waals surface area contributed by atoms with E-state index in [0.29, 0.717) is 25.1 Å². The maximum absolute atomic E-state index is 13.7. The third-order valence-corrected chi connectivity index (χ3v) is 14.3. The Morgan fingerprint density at radius 1 is 1.06 bits per heavy atom. The fourth-order valence-electron chi connectivity index (χ4n) is 9.98. The summed E-state index contributed by atoms with van der Waals surface area (Å²) in [5.74, 6) is -0.306. The normalized spacial score (nSPS) is 34.3. The second-order valence-corrected chi connectivity index (χ2v) is 17.0. The van der Waals surface area contributed by atoms with Crippen LogP contribution in [-0.4, -0.2) is 78.4 Å². The molecule has 8 atom stereocenters. The summed E-state index contributed by atoms with van der Waals surface area (Å²) < 4.78 is 6.44. The molecule has 0 radical (unpaired) electrons. The highest BCUT2D eigenvalue weighted by molar-refractivity contribution is 8.00. The molecule has 1 amide bonds. The molecule has 4 fully saturated rings. The molecule has 0 unspecified atom stereocenters. The summed E-state index contributed by atoms with van der Waals surface area (Å²) in [6, 6.07) is 16.0. The molecule has 2 aromatic carbocycles. The van der Waals surface area contributed by atoms with Crippen LogP contribution in [-0.2, 0) is 19.1 Å². The van der Waals surface area contributed by atoms with Crippen LogP contribution in [0.2, 0.25) is 0 Å². The third-order valence-electron chi connectivity index (χ3n) is 13.3. The number of aryl methyl sites for hydroxylation is 1. The van der Waals surface area contributed by atoms with E-state index in [1.54, 1.807) is 0 Å². The fraction of sp³-hybridized carbons (Fsp3) is 0.585. The number of amides is 1. The van der Waals surface area contributed by atoms with Crippen LogP contribution >= 0.6 is 11.8 Å². The van der Waals surface area contributed by atoms with Crippen molar-refractivity contribution in [2.75, 3.05) is 48.7 Å². The predicted molar refractivity (Wildman–Crippen MR) is 200 cm³/mol. The van der Waals surface area contributed by atoms with Gasteiger partial charge in [0.15, 0.2) is 0 Å². The average molecular weight is 702 g/mol. The number of carbonyl (C=O) groups excluding carboxylic acids is 3. The number of nitrogens with one attached hydrogen (secondary N) is 1. The lowest BCUT2D eigenvalue weighted by Crippen LogP contribution is -2.63. The maximum atomic E-state index is 13.7. The number of hydrogen-bond donors (Lipinski definition) is 2. The number of aliphatic hydroxyl groups is 1. The van der Waals surface area contributed by atoms with Crippen molar-refractivity contribution in [1.29, 1.82) is 0 Å². The second kappa shape index (κ2) is 14.5. The third kappa shape index (κ3) is 6.66. The van der Waals surface area contributed by atoms with Crippen LogP contribution < -0.4 is 10.2 Å². The van der Waals surface area contributed by atoms with Gasteiger partial charge in [-0.05, 0) is 73.6 Å². The summed E-state index contributed by atoms with van der Waals surface area (Å²) >= 11 is 1.34. The number of para-hydroxylation sites is 2. The molecule has 2 aromatic rings. The van der Waals surface area contributed by atoms with Crippen molar-refractivity contribution in [1.82, 2.24) is 4.90 Å². The molecule has 2 N–H and O–H groups in total. The molecule has 9 heteroatoms. The Balaban J connectivity index is 1.11. The smallest absolute Gasteiger partial charge is 0.316 e. The van der Waals surface area contributed by atoms with E-state index >= 15 is 0 Å². The molecule has 50 heavy (non-hydrogen) atoms. The van der Waals surface area contributed by atoms with Gasteiger partial charge in [0, 0.05) is 59.9 Å². The van der Waals surface area contributed by atoms with Crippen LogP contribution in [0.1, 0.15) is 65.4 Å². The number of hydrogen-bond acceptors (Lipinski definition) is 8. The number of rotatable bonds is 9. The Kier molecular flexibility index (Phi) is 10.6. The number of piperazine rings is 1. The van der Waals surface area contributed by atoms with Crippen molar-refractivity contribution in [3.05, 3.63) is 66.7 Å². The summed E-state index contributed by atoms with van der Waals surface area (Å²) in [5.41, 5.74) is 1.64. The molecule has 270 valence electrons. The minimum atomic E-state index is -0.700. The SMILES string of the molecule is C=C[C@]1(C)C[C@@H](OC(=O)CSc2ccccc2NC(=O)CN2CCN(c3ccccc3C)CC2)[C@]2(C)[C@H](C)CC[C@]3(CCC(=O)[C@H]32)[C@@H](C)[C@@H]1O. The van der Waals surface area contributed by atoms with Gasteiger partial charge in [0.25, 0.3) is 0 Å². The van der Waals surface area contributed by atoms with Gasteiger partial charge < -0.3 is 20.1 Å². The summed E-state index contributed by atoms with van der Waals surface area (Å²) in [6.07, 6.45) is 4.09. The topological polar surface area (TPSA) is 99.2 Å². The molecule has 1 heterocycles. The van der Waals surface area contributed by atoms with Gasteiger partial charge in [0.05, 0.1) is 24.1 Å². The number of ether oxygens (including phenoxy) is 1. The molecule has 0 aromatic heterocycles. The lowest BCUT2D eigenvalue weighted by Gasteiger charge is -2.61. The number of ketones is 1. The number of aliphatic hydroxyl groups excluding tert-OH is 1. The largest absolute Gasteiger partial charge is 0.461 e. The number of anilines is 2. The van der Waals surface area contributed by atoms with Gasteiger partial charge in [-0.2, -0.15) is 0 Å². The number of thioether (sulfide) groups is 1. The number of esters is 1. The zero-order valence-corrected chi connectivity index (χ0v) is 31.3. The first-order chi connectivity index (χ1) is 23.8. The van der Waals surface area contributed by atoms with E-state index in [1.807, 2.05) is 37.3 Å². The Hall–Kier alpha value is -3.14. The Morgan fingerprint density at radius 3 is 2.48 bits per heavy atom. The molecular weight excluding hydrogens is 647 g/mol. The van der Waals surface area contributed by atoms with E-state index in [0.717, 1.165) is 50.3 Å². The van der Waals surface area contributed by atoms with Crippen molar-refractivity contribution < 1.29 is 24.2 Å².